The van der Waals surface area contributed by atoms with Crippen molar-refractivity contribution >= 4 is 18.4 Å². The highest BCUT2D eigenvalue weighted by Gasteiger charge is 2.13. The second-order valence-electron chi connectivity index (χ2n) is 4.13. The molecule has 14 heavy (non-hydrogen) atoms. The van der Waals surface area contributed by atoms with Gasteiger partial charge in [-0.2, -0.15) is 0 Å². The van der Waals surface area contributed by atoms with E-state index < -0.39 is 5.97 Å². The lowest BCUT2D eigenvalue weighted by Crippen LogP contribution is -2.11. The maximum absolute atomic E-state index is 10.6. The van der Waals surface area contributed by atoms with Crippen LogP contribution in [0.1, 0.15) is 36.7 Å². The number of hydrogen-bond acceptors (Lipinski definition) is 1. The maximum Gasteiger partial charge on any atom is 0.335 e. The third-order valence-electron chi connectivity index (χ3n) is 2.00. The maximum atomic E-state index is 10.6. The van der Waals surface area contributed by atoms with Crippen molar-refractivity contribution < 1.29 is 9.90 Å². The van der Waals surface area contributed by atoms with Gasteiger partial charge >= 0.3 is 5.97 Å². The molecular formula is C11H15ClO2. The topological polar surface area (TPSA) is 37.3 Å². The number of carbonyl (C=O) groups is 1. The van der Waals surface area contributed by atoms with Gasteiger partial charge in [0, 0.05) is 0 Å². The second kappa shape index (κ2) is 4.47. The van der Waals surface area contributed by atoms with Crippen LogP contribution in [-0.2, 0) is 5.41 Å². The van der Waals surface area contributed by atoms with Crippen LogP contribution in [-0.4, -0.2) is 11.1 Å². The molecule has 0 saturated carbocycles. The molecule has 1 N–H and O–H groups in total. The summed E-state index contributed by atoms with van der Waals surface area (Å²) in [6, 6.07) is 7.01. The fraction of sp³-hybridized carbons (Fsp3) is 0.364. The Labute approximate surface area is 90.4 Å². The van der Waals surface area contributed by atoms with Gasteiger partial charge in [-0.15, -0.1) is 12.4 Å². The number of benzene rings is 1. The average molecular weight is 215 g/mol. The Morgan fingerprint density at radius 3 is 1.86 bits per heavy atom. The van der Waals surface area contributed by atoms with Crippen molar-refractivity contribution in [3.8, 4) is 0 Å². The first-order valence-electron chi connectivity index (χ1n) is 4.25. The zero-order chi connectivity index (χ0) is 10.1. The number of rotatable bonds is 1. The number of carboxylic acid groups (broad SMARTS) is 1. The van der Waals surface area contributed by atoms with Crippen LogP contribution in [0, 0.1) is 0 Å². The van der Waals surface area contributed by atoms with E-state index >= 15 is 0 Å². The molecule has 0 unspecified atom stereocenters. The van der Waals surface area contributed by atoms with Crippen molar-refractivity contribution in [1.82, 2.24) is 0 Å². The summed E-state index contributed by atoms with van der Waals surface area (Å²) < 4.78 is 0. The molecule has 0 saturated heterocycles. The number of carboxylic acids is 1. The van der Waals surface area contributed by atoms with E-state index in [1.165, 1.54) is 0 Å². The molecule has 0 fully saturated rings. The molecule has 0 aromatic heterocycles. The lowest BCUT2D eigenvalue weighted by Gasteiger charge is -2.18. The molecule has 0 bridgehead atoms. The Hall–Kier alpha value is -1.02. The van der Waals surface area contributed by atoms with Crippen molar-refractivity contribution in [1.29, 1.82) is 0 Å². The summed E-state index contributed by atoms with van der Waals surface area (Å²) in [5.74, 6) is -0.875. The van der Waals surface area contributed by atoms with Crippen molar-refractivity contribution in [2.75, 3.05) is 0 Å². The van der Waals surface area contributed by atoms with Crippen LogP contribution in [0.2, 0.25) is 0 Å². The summed E-state index contributed by atoms with van der Waals surface area (Å²) in [7, 11) is 0. The summed E-state index contributed by atoms with van der Waals surface area (Å²) in [6.07, 6.45) is 0. The predicted molar refractivity (Wildman–Crippen MR) is 59.3 cm³/mol. The summed E-state index contributed by atoms with van der Waals surface area (Å²) in [4.78, 5) is 10.6. The fourth-order valence-electron chi connectivity index (χ4n) is 1.11. The van der Waals surface area contributed by atoms with Gasteiger partial charge in [0.25, 0.3) is 0 Å². The summed E-state index contributed by atoms with van der Waals surface area (Å²) in [5.41, 5.74) is 1.57. The van der Waals surface area contributed by atoms with E-state index in [0.717, 1.165) is 5.56 Å². The van der Waals surface area contributed by atoms with Gasteiger partial charge in [0.05, 0.1) is 5.56 Å². The molecule has 0 heterocycles. The molecular weight excluding hydrogens is 200 g/mol. The first kappa shape index (κ1) is 13.0. The van der Waals surface area contributed by atoms with Gasteiger partial charge < -0.3 is 5.11 Å². The summed E-state index contributed by atoms with van der Waals surface area (Å²) >= 11 is 0. The van der Waals surface area contributed by atoms with Crippen LogP contribution < -0.4 is 0 Å². The van der Waals surface area contributed by atoms with Crippen LogP contribution in [0.3, 0.4) is 0 Å². The number of halogens is 1. The van der Waals surface area contributed by atoms with Crippen LogP contribution in [0.4, 0.5) is 0 Å². The average Bonchev–Trinajstić information content (AvgIpc) is 2.03. The van der Waals surface area contributed by atoms with Crippen molar-refractivity contribution in [3.05, 3.63) is 35.4 Å². The third-order valence-corrected chi connectivity index (χ3v) is 2.00. The van der Waals surface area contributed by atoms with Gasteiger partial charge in [0.1, 0.15) is 0 Å². The molecule has 0 aliphatic rings. The van der Waals surface area contributed by atoms with Gasteiger partial charge in [-0.05, 0) is 23.1 Å². The minimum absolute atomic E-state index is 0. The largest absolute Gasteiger partial charge is 0.478 e. The first-order valence-corrected chi connectivity index (χ1v) is 4.25. The Bertz CT molecular complexity index is 309. The molecule has 0 radical (unpaired) electrons. The Kier molecular flexibility index (Phi) is 4.14. The summed E-state index contributed by atoms with van der Waals surface area (Å²) in [5, 5.41) is 8.68. The molecule has 1 aromatic carbocycles. The lowest BCUT2D eigenvalue weighted by molar-refractivity contribution is 0.0697. The molecule has 78 valence electrons. The molecule has 3 heteroatoms. The van der Waals surface area contributed by atoms with Gasteiger partial charge in [0.15, 0.2) is 0 Å². The van der Waals surface area contributed by atoms with E-state index in [-0.39, 0.29) is 17.8 Å². The normalized spacial score (nSPS) is 10.5. The monoisotopic (exact) mass is 214 g/mol. The van der Waals surface area contributed by atoms with E-state index in [0.29, 0.717) is 5.56 Å². The van der Waals surface area contributed by atoms with E-state index in [2.05, 4.69) is 20.8 Å². The molecule has 0 aliphatic carbocycles. The van der Waals surface area contributed by atoms with Gasteiger partial charge in [-0.25, -0.2) is 4.79 Å². The van der Waals surface area contributed by atoms with Crippen LogP contribution in [0.25, 0.3) is 0 Å². The Morgan fingerprint density at radius 1 is 1.14 bits per heavy atom. The molecule has 2 nitrogen and oxygen atoms in total. The third kappa shape index (κ3) is 3.04. The fourth-order valence-corrected chi connectivity index (χ4v) is 1.11. The molecule has 0 aliphatic heterocycles. The first-order chi connectivity index (χ1) is 5.91. The highest BCUT2D eigenvalue weighted by Crippen LogP contribution is 2.21. The van der Waals surface area contributed by atoms with Crippen LogP contribution in [0.15, 0.2) is 24.3 Å². The van der Waals surface area contributed by atoms with Crippen LogP contribution >= 0.6 is 12.4 Å². The quantitative estimate of drug-likeness (QED) is 0.780. The highest BCUT2D eigenvalue weighted by molar-refractivity contribution is 5.87. The van der Waals surface area contributed by atoms with E-state index in [1.54, 1.807) is 12.1 Å². The van der Waals surface area contributed by atoms with E-state index in [4.69, 9.17) is 5.11 Å². The van der Waals surface area contributed by atoms with Crippen LogP contribution in [0.5, 0.6) is 0 Å². The minimum atomic E-state index is -0.875. The zero-order valence-electron chi connectivity index (χ0n) is 8.57. The second-order valence-corrected chi connectivity index (χ2v) is 4.13. The SMILES string of the molecule is CC(C)(C)c1ccc(C(=O)O)cc1.Cl. The van der Waals surface area contributed by atoms with E-state index in [9.17, 15) is 4.79 Å². The van der Waals surface area contributed by atoms with Crippen molar-refractivity contribution in [3.63, 3.8) is 0 Å². The number of aromatic carboxylic acids is 1. The van der Waals surface area contributed by atoms with Gasteiger partial charge in [-0.3, -0.25) is 0 Å². The summed E-state index contributed by atoms with van der Waals surface area (Å²) in [6.45, 7) is 6.30. The predicted octanol–water partition coefficient (Wildman–Crippen LogP) is 3.10. The molecule has 0 spiro atoms. The number of hydrogen-bond donors (Lipinski definition) is 1. The van der Waals surface area contributed by atoms with Crippen molar-refractivity contribution in [2.24, 2.45) is 0 Å². The lowest BCUT2D eigenvalue weighted by atomic mass is 9.87. The van der Waals surface area contributed by atoms with Gasteiger partial charge in [-0.1, -0.05) is 32.9 Å². The Morgan fingerprint density at radius 2 is 1.57 bits per heavy atom. The highest BCUT2D eigenvalue weighted by atomic mass is 35.5. The molecule has 0 amide bonds. The molecule has 1 aromatic rings. The van der Waals surface area contributed by atoms with E-state index in [1.807, 2.05) is 12.1 Å². The minimum Gasteiger partial charge on any atom is -0.478 e. The molecule has 0 atom stereocenters. The standard InChI is InChI=1S/C11H14O2.ClH/c1-11(2,3)9-6-4-8(5-7-9)10(12)13;/h4-7H,1-3H3,(H,12,13);1H. The van der Waals surface area contributed by atoms with Crippen molar-refractivity contribution in [2.45, 2.75) is 26.2 Å². The molecule has 1 rings (SSSR count). The Balaban J connectivity index is 0.00000169. The smallest absolute Gasteiger partial charge is 0.335 e. The van der Waals surface area contributed by atoms with Gasteiger partial charge in [0.2, 0.25) is 0 Å². The zero-order valence-corrected chi connectivity index (χ0v) is 9.39.